The summed E-state index contributed by atoms with van der Waals surface area (Å²) < 4.78 is 27.3. The molecule has 7 heteroatoms. The van der Waals surface area contributed by atoms with E-state index in [1.807, 2.05) is 25.1 Å². The summed E-state index contributed by atoms with van der Waals surface area (Å²) in [4.78, 5) is 25.6. The van der Waals surface area contributed by atoms with Crippen molar-refractivity contribution >= 4 is 33.4 Å². The zero-order valence-corrected chi connectivity index (χ0v) is 15.4. The van der Waals surface area contributed by atoms with Crippen LogP contribution in [0.3, 0.4) is 0 Å². The molecule has 0 unspecified atom stereocenters. The Labute approximate surface area is 153 Å². The lowest BCUT2D eigenvalue weighted by Gasteiger charge is -2.18. The van der Waals surface area contributed by atoms with E-state index >= 15 is 0 Å². The predicted octanol–water partition coefficient (Wildman–Crippen LogP) is 3.82. The summed E-state index contributed by atoms with van der Waals surface area (Å²) in [5, 5.41) is 2.46. The zero-order chi connectivity index (χ0) is 18.6. The van der Waals surface area contributed by atoms with Crippen molar-refractivity contribution in [2.45, 2.75) is 13.3 Å². The second kappa shape index (κ2) is 8.20. The summed E-state index contributed by atoms with van der Waals surface area (Å²) >= 11 is 3.40. The van der Waals surface area contributed by atoms with Gasteiger partial charge in [0.1, 0.15) is 11.6 Å². The molecule has 132 valence electrons. The lowest BCUT2D eigenvalue weighted by atomic mass is 10.2. The highest BCUT2D eigenvalue weighted by Crippen LogP contribution is 2.22. The molecule has 0 bridgehead atoms. The van der Waals surface area contributed by atoms with Gasteiger partial charge >= 0.3 is 0 Å². The molecule has 0 aliphatic heterocycles. The summed E-state index contributed by atoms with van der Waals surface area (Å²) in [6.45, 7) is 1.97. The number of nitrogens with zero attached hydrogens (tertiary/aromatic N) is 1. The highest BCUT2D eigenvalue weighted by Gasteiger charge is 2.15. The number of carbonyl (C=O) groups excluding carboxylic acids is 2. The molecule has 2 aromatic carbocycles. The van der Waals surface area contributed by atoms with Gasteiger partial charge < -0.3 is 10.2 Å². The third-order valence-corrected chi connectivity index (χ3v) is 4.59. The summed E-state index contributed by atoms with van der Waals surface area (Å²) in [6.07, 6.45) is 0.0557. The molecule has 2 aromatic rings. The van der Waals surface area contributed by atoms with Gasteiger partial charge in [0.25, 0.3) is 5.91 Å². The fraction of sp³-hybridized carbons (Fsp3) is 0.222. The number of nitrogens with one attached hydrogen (secondary N) is 1. The van der Waals surface area contributed by atoms with Gasteiger partial charge in [-0.15, -0.1) is 0 Å². The van der Waals surface area contributed by atoms with Crippen LogP contribution in [0.5, 0.6) is 0 Å². The van der Waals surface area contributed by atoms with Crippen LogP contribution in [0.1, 0.15) is 22.3 Å². The molecule has 0 spiro atoms. The molecule has 0 atom stereocenters. The number of rotatable bonds is 5. The van der Waals surface area contributed by atoms with Gasteiger partial charge in [-0.05, 0) is 42.8 Å². The van der Waals surface area contributed by atoms with E-state index in [2.05, 4.69) is 21.2 Å². The van der Waals surface area contributed by atoms with E-state index < -0.39 is 17.5 Å². The number of carbonyl (C=O) groups is 2. The molecule has 0 fully saturated rings. The molecular formula is C18H17BrF2N2O2. The standard InChI is InChI=1S/C18H17BrF2N2O2/c1-11-9-13(4-6-15(11)19)23(2)17(24)7-8-22-18(25)14-5-3-12(20)10-16(14)21/h3-6,9-10H,7-8H2,1-2H3,(H,22,25). The van der Waals surface area contributed by atoms with Crippen molar-refractivity contribution in [3.05, 3.63) is 63.6 Å². The van der Waals surface area contributed by atoms with Gasteiger partial charge in [-0.25, -0.2) is 8.78 Å². The van der Waals surface area contributed by atoms with E-state index in [1.54, 1.807) is 7.05 Å². The fourth-order valence-electron chi connectivity index (χ4n) is 2.20. The van der Waals surface area contributed by atoms with E-state index in [9.17, 15) is 18.4 Å². The Hall–Kier alpha value is -2.28. The SMILES string of the molecule is Cc1cc(N(C)C(=O)CCNC(=O)c2ccc(F)cc2F)ccc1Br. The van der Waals surface area contributed by atoms with E-state index in [4.69, 9.17) is 0 Å². The highest BCUT2D eigenvalue weighted by molar-refractivity contribution is 9.10. The first-order valence-corrected chi connectivity index (χ1v) is 8.35. The molecule has 0 aromatic heterocycles. The Morgan fingerprint density at radius 1 is 1.16 bits per heavy atom. The van der Waals surface area contributed by atoms with Crippen LogP contribution in [0.25, 0.3) is 0 Å². The first-order valence-electron chi connectivity index (χ1n) is 7.55. The third kappa shape index (κ3) is 4.85. The van der Waals surface area contributed by atoms with Crippen LogP contribution < -0.4 is 10.2 Å². The minimum atomic E-state index is -0.939. The van der Waals surface area contributed by atoms with Crippen molar-refractivity contribution in [3.63, 3.8) is 0 Å². The van der Waals surface area contributed by atoms with Crippen LogP contribution in [-0.2, 0) is 4.79 Å². The van der Waals surface area contributed by atoms with Gasteiger partial charge in [0.05, 0.1) is 5.56 Å². The topological polar surface area (TPSA) is 49.4 Å². The van der Waals surface area contributed by atoms with Crippen LogP contribution in [0.15, 0.2) is 40.9 Å². The molecule has 4 nitrogen and oxygen atoms in total. The maximum atomic E-state index is 13.5. The number of halogens is 3. The average Bonchev–Trinajstić information content (AvgIpc) is 2.56. The first kappa shape index (κ1) is 19.1. The van der Waals surface area contributed by atoms with Crippen molar-refractivity contribution < 1.29 is 18.4 Å². The second-order valence-corrected chi connectivity index (χ2v) is 6.37. The Kier molecular flexibility index (Phi) is 6.25. The number of benzene rings is 2. The molecule has 0 aliphatic rings. The maximum Gasteiger partial charge on any atom is 0.254 e. The first-order chi connectivity index (χ1) is 11.8. The van der Waals surface area contributed by atoms with Gasteiger partial charge in [0.15, 0.2) is 0 Å². The Morgan fingerprint density at radius 2 is 1.88 bits per heavy atom. The van der Waals surface area contributed by atoms with Gasteiger partial charge in [-0.2, -0.15) is 0 Å². The molecule has 0 aliphatic carbocycles. The Balaban J connectivity index is 1.91. The van der Waals surface area contributed by atoms with Crippen molar-refractivity contribution in [1.82, 2.24) is 5.32 Å². The van der Waals surface area contributed by atoms with E-state index in [0.29, 0.717) is 6.07 Å². The minimum absolute atomic E-state index is 0.0499. The molecule has 0 saturated carbocycles. The molecule has 0 heterocycles. The van der Waals surface area contributed by atoms with Crippen molar-refractivity contribution in [3.8, 4) is 0 Å². The lowest BCUT2D eigenvalue weighted by molar-refractivity contribution is -0.118. The van der Waals surface area contributed by atoms with Crippen LogP contribution in [0.4, 0.5) is 14.5 Å². The normalized spacial score (nSPS) is 10.4. The maximum absolute atomic E-state index is 13.5. The van der Waals surface area contributed by atoms with Crippen LogP contribution in [0.2, 0.25) is 0 Å². The molecule has 2 amide bonds. The monoisotopic (exact) mass is 410 g/mol. The summed E-state index contributed by atoms with van der Waals surface area (Å²) in [5.41, 5.74) is 1.48. The largest absolute Gasteiger partial charge is 0.351 e. The van der Waals surface area contributed by atoms with E-state index in [0.717, 1.165) is 27.9 Å². The smallest absolute Gasteiger partial charge is 0.254 e. The summed E-state index contributed by atoms with van der Waals surface area (Å²) in [6, 6.07) is 8.25. The number of hydrogen-bond acceptors (Lipinski definition) is 2. The zero-order valence-electron chi connectivity index (χ0n) is 13.8. The second-order valence-electron chi connectivity index (χ2n) is 5.52. The quantitative estimate of drug-likeness (QED) is 0.814. The number of amides is 2. The van der Waals surface area contributed by atoms with Gasteiger partial charge in [0.2, 0.25) is 5.91 Å². The summed E-state index contributed by atoms with van der Waals surface area (Å²) in [5.74, 6) is -2.57. The average molecular weight is 411 g/mol. The van der Waals surface area contributed by atoms with Gasteiger partial charge in [-0.1, -0.05) is 15.9 Å². The van der Waals surface area contributed by atoms with Crippen molar-refractivity contribution in [1.29, 1.82) is 0 Å². The summed E-state index contributed by atoms with van der Waals surface area (Å²) in [7, 11) is 1.65. The molecule has 0 radical (unpaired) electrons. The lowest BCUT2D eigenvalue weighted by Crippen LogP contribution is -2.32. The third-order valence-electron chi connectivity index (χ3n) is 3.70. The van der Waals surface area contributed by atoms with Gasteiger partial charge in [-0.3, -0.25) is 9.59 Å². The number of hydrogen-bond donors (Lipinski definition) is 1. The van der Waals surface area contributed by atoms with E-state index in [-0.39, 0.29) is 24.4 Å². The Bertz CT molecular complexity index is 812. The number of aryl methyl sites for hydroxylation is 1. The molecular weight excluding hydrogens is 394 g/mol. The predicted molar refractivity (Wildman–Crippen MR) is 95.6 cm³/mol. The van der Waals surface area contributed by atoms with Crippen molar-refractivity contribution in [2.24, 2.45) is 0 Å². The minimum Gasteiger partial charge on any atom is -0.351 e. The van der Waals surface area contributed by atoms with Crippen LogP contribution >= 0.6 is 15.9 Å². The van der Waals surface area contributed by atoms with Gasteiger partial charge in [0, 0.05) is 36.2 Å². The van der Waals surface area contributed by atoms with Crippen LogP contribution in [-0.4, -0.2) is 25.4 Å². The van der Waals surface area contributed by atoms with Crippen LogP contribution in [0, 0.1) is 18.6 Å². The molecule has 1 N–H and O–H groups in total. The highest BCUT2D eigenvalue weighted by atomic mass is 79.9. The molecule has 0 saturated heterocycles. The Morgan fingerprint density at radius 3 is 2.52 bits per heavy atom. The number of anilines is 1. The molecule has 2 rings (SSSR count). The van der Waals surface area contributed by atoms with E-state index in [1.165, 1.54) is 4.90 Å². The molecule has 25 heavy (non-hydrogen) atoms. The fourth-order valence-corrected chi connectivity index (χ4v) is 2.45. The van der Waals surface area contributed by atoms with Crippen molar-refractivity contribution in [2.75, 3.05) is 18.5 Å².